The molecule has 2 aromatic rings. The molecule has 0 fully saturated rings. The summed E-state index contributed by atoms with van der Waals surface area (Å²) in [5, 5.41) is 4.85. The maximum Gasteiger partial charge on any atom is 0.318 e. The van der Waals surface area contributed by atoms with Crippen LogP contribution in [0.1, 0.15) is 37.3 Å². The first kappa shape index (κ1) is 22.1. The van der Waals surface area contributed by atoms with Gasteiger partial charge in [0.2, 0.25) is 5.91 Å². The molecule has 30 heavy (non-hydrogen) atoms. The lowest BCUT2D eigenvalue weighted by Gasteiger charge is -2.37. The van der Waals surface area contributed by atoms with Crippen LogP contribution in [0, 0.1) is 5.82 Å². The number of nitrogens with one attached hydrogen (secondary N) is 1. The van der Waals surface area contributed by atoms with Crippen LogP contribution >= 0.6 is 11.3 Å². The van der Waals surface area contributed by atoms with Crippen molar-refractivity contribution in [3.05, 3.63) is 52.0 Å². The molecular formula is C22H28FN3O3S. The zero-order valence-corrected chi connectivity index (χ0v) is 18.4. The van der Waals surface area contributed by atoms with E-state index in [0.29, 0.717) is 18.8 Å². The van der Waals surface area contributed by atoms with Crippen molar-refractivity contribution in [2.75, 3.05) is 26.2 Å². The molecule has 0 aliphatic carbocycles. The number of halogens is 1. The average Bonchev–Trinajstić information content (AvgIpc) is 3.18. The molecule has 1 atom stereocenters. The zero-order chi connectivity index (χ0) is 21.7. The molecule has 8 heteroatoms. The number of rotatable bonds is 7. The molecule has 3 rings (SSSR count). The Morgan fingerprint density at radius 1 is 1.37 bits per heavy atom. The Bertz CT molecular complexity index is 886. The average molecular weight is 434 g/mol. The van der Waals surface area contributed by atoms with Gasteiger partial charge in [-0.1, -0.05) is 6.07 Å². The van der Waals surface area contributed by atoms with E-state index in [1.54, 1.807) is 28.4 Å². The predicted octanol–water partition coefficient (Wildman–Crippen LogP) is 3.83. The van der Waals surface area contributed by atoms with Gasteiger partial charge < -0.3 is 19.9 Å². The molecule has 1 N–H and O–H groups in total. The Balaban J connectivity index is 1.74. The monoisotopic (exact) mass is 433 g/mol. The van der Waals surface area contributed by atoms with Gasteiger partial charge in [0.15, 0.2) is 0 Å². The van der Waals surface area contributed by atoms with Gasteiger partial charge in [-0.3, -0.25) is 4.79 Å². The minimum atomic E-state index is -0.366. The smallest absolute Gasteiger partial charge is 0.318 e. The minimum absolute atomic E-state index is 0.00239. The molecule has 0 saturated heterocycles. The van der Waals surface area contributed by atoms with Gasteiger partial charge in [-0.2, -0.15) is 0 Å². The van der Waals surface area contributed by atoms with Gasteiger partial charge >= 0.3 is 6.03 Å². The molecule has 3 amide bonds. The van der Waals surface area contributed by atoms with Crippen molar-refractivity contribution in [3.8, 4) is 5.75 Å². The summed E-state index contributed by atoms with van der Waals surface area (Å²) in [6.07, 6.45) is 0.777. The first-order chi connectivity index (χ1) is 14.4. The Morgan fingerprint density at radius 3 is 2.87 bits per heavy atom. The van der Waals surface area contributed by atoms with Gasteiger partial charge in [-0.25, -0.2) is 9.18 Å². The molecule has 1 aromatic carbocycles. The second kappa shape index (κ2) is 9.93. The molecule has 0 radical (unpaired) electrons. The van der Waals surface area contributed by atoms with Crippen LogP contribution in [0.5, 0.6) is 5.75 Å². The zero-order valence-electron chi connectivity index (χ0n) is 17.6. The molecule has 1 unspecified atom stereocenters. The fourth-order valence-electron chi connectivity index (χ4n) is 3.53. The van der Waals surface area contributed by atoms with Crippen molar-refractivity contribution in [3.63, 3.8) is 0 Å². The molecule has 0 saturated carbocycles. The van der Waals surface area contributed by atoms with E-state index in [1.807, 2.05) is 32.2 Å². The summed E-state index contributed by atoms with van der Waals surface area (Å²) >= 11 is 1.67. The summed E-state index contributed by atoms with van der Waals surface area (Å²) in [6, 6.07) is 7.47. The van der Waals surface area contributed by atoms with Crippen LogP contribution in [0.2, 0.25) is 0 Å². The van der Waals surface area contributed by atoms with Crippen LogP contribution in [0.4, 0.5) is 9.18 Å². The lowest BCUT2D eigenvalue weighted by Crippen LogP contribution is -2.50. The van der Waals surface area contributed by atoms with Crippen LogP contribution < -0.4 is 10.1 Å². The highest BCUT2D eigenvalue weighted by Gasteiger charge is 2.33. The fraction of sp³-hybridized carbons (Fsp3) is 0.455. The second-order valence-electron chi connectivity index (χ2n) is 7.54. The highest BCUT2D eigenvalue weighted by molar-refractivity contribution is 7.10. The molecule has 1 aromatic heterocycles. The molecular weight excluding hydrogens is 405 g/mol. The number of carbonyl (C=O) groups is 2. The van der Waals surface area contributed by atoms with Crippen LogP contribution in [-0.4, -0.2) is 54.0 Å². The predicted molar refractivity (Wildman–Crippen MR) is 115 cm³/mol. The van der Waals surface area contributed by atoms with Crippen molar-refractivity contribution < 1.29 is 18.7 Å². The van der Waals surface area contributed by atoms with Gasteiger partial charge in [-0.05, 0) is 56.3 Å². The fourth-order valence-corrected chi connectivity index (χ4v) is 4.45. The van der Waals surface area contributed by atoms with Gasteiger partial charge in [-0.15, -0.1) is 11.3 Å². The number of amides is 3. The summed E-state index contributed by atoms with van der Waals surface area (Å²) in [5.74, 6) is -0.0632. The number of likely N-dealkylation sites (N-methyl/N-ethyl adjacent to an activating group) is 1. The summed E-state index contributed by atoms with van der Waals surface area (Å²) in [6.45, 7) is 6.85. The molecule has 162 valence electrons. The lowest BCUT2D eigenvalue weighted by molar-refractivity contribution is -0.135. The minimum Gasteiger partial charge on any atom is -0.491 e. The number of hydrogen-bond donors (Lipinski definition) is 1. The van der Waals surface area contributed by atoms with Crippen LogP contribution in [0.3, 0.4) is 0 Å². The SMILES string of the molecule is CCN(CC(=O)N1CCc2sccc2C1COc1cccc(F)c1)C(=O)NC(C)C. The molecule has 1 aliphatic rings. The standard InChI is InChI=1S/C22H28FN3O3S/c1-4-25(22(28)24-15(2)3)13-21(27)26-10-8-20-18(9-11-30-20)19(26)14-29-17-7-5-6-16(23)12-17/h5-7,9,11-12,15,19H,4,8,10,13-14H2,1-3H3,(H,24,28). The Labute approximate surface area is 180 Å². The summed E-state index contributed by atoms with van der Waals surface area (Å²) in [5.41, 5.74) is 1.06. The lowest BCUT2D eigenvalue weighted by atomic mass is 10.0. The van der Waals surface area contributed by atoms with Crippen molar-refractivity contribution in [1.29, 1.82) is 0 Å². The number of ether oxygens (including phenoxy) is 1. The van der Waals surface area contributed by atoms with Crippen molar-refractivity contribution in [1.82, 2.24) is 15.1 Å². The molecule has 2 heterocycles. The normalized spacial score (nSPS) is 15.6. The first-order valence-corrected chi connectivity index (χ1v) is 11.1. The van der Waals surface area contributed by atoms with Gasteiger partial charge in [0.1, 0.15) is 24.7 Å². The van der Waals surface area contributed by atoms with Crippen molar-refractivity contribution in [2.24, 2.45) is 0 Å². The third-order valence-corrected chi connectivity index (χ3v) is 6.02. The Kier molecular flexibility index (Phi) is 7.31. The van der Waals surface area contributed by atoms with Crippen LogP contribution in [0.15, 0.2) is 35.7 Å². The van der Waals surface area contributed by atoms with E-state index in [4.69, 9.17) is 4.74 Å². The van der Waals surface area contributed by atoms with Crippen molar-refractivity contribution in [2.45, 2.75) is 39.3 Å². The topological polar surface area (TPSA) is 61.9 Å². The summed E-state index contributed by atoms with van der Waals surface area (Å²) < 4.78 is 19.3. The molecule has 0 bridgehead atoms. The Morgan fingerprint density at radius 2 is 2.17 bits per heavy atom. The number of thiophene rings is 1. The number of hydrogen-bond acceptors (Lipinski definition) is 4. The van der Waals surface area contributed by atoms with E-state index in [2.05, 4.69) is 5.32 Å². The van der Waals surface area contributed by atoms with E-state index < -0.39 is 0 Å². The maximum atomic E-state index is 13.5. The van der Waals surface area contributed by atoms with Gasteiger partial charge in [0.05, 0.1) is 6.04 Å². The Hall–Kier alpha value is -2.61. The third kappa shape index (κ3) is 5.30. The number of nitrogens with zero attached hydrogens (tertiary/aromatic N) is 2. The van der Waals surface area contributed by atoms with Gasteiger partial charge in [0.25, 0.3) is 0 Å². The summed E-state index contributed by atoms with van der Waals surface area (Å²) in [4.78, 5) is 30.0. The highest BCUT2D eigenvalue weighted by Crippen LogP contribution is 2.34. The highest BCUT2D eigenvalue weighted by atomic mass is 32.1. The number of urea groups is 1. The second-order valence-corrected chi connectivity index (χ2v) is 8.54. The van der Waals surface area contributed by atoms with Crippen LogP contribution in [0.25, 0.3) is 0 Å². The van der Waals surface area contributed by atoms with E-state index in [9.17, 15) is 14.0 Å². The number of carbonyl (C=O) groups excluding carboxylic acids is 2. The van der Waals surface area contributed by atoms with E-state index >= 15 is 0 Å². The van der Waals surface area contributed by atoms with Crippen molar-refractivity contribution >= 4 is 23.3 Å². The number of benzene rings is 1. The van der Waals surface area contributed by atoms with Gasteiger partial charge in [0, 0.05) is 30.1 Å². The van der Waals surface area contributed by atoms with Crippen LogP contribution in [-0.2, 0) is 11.2 Å². The van der Waals surface area contributed by atoms with E-state index in [0.717, 1.165) is 12.0 Å². The third-order valence-electron chi connectivity index (χ3n) is 5.03. The van der Waals surface area contributed by atoms with E-state index in [1.165, 1.54) is 21.9 Å². The largest absolute Gasteiger partial charge is 0.491 e. The maximum absolute atomic E-state index is 13.5. The first-order valence-electron chi connectivity index (χ1n) is 10.2. The number of fused-ring (bicyclic) bond motifs is 1. The molecule has 6 nitrogen and oxygen atoms in total. The quantitative estimate of drug-likeness (QED) is 0.722. The van der Waals surface area contributed by atoms with E-state index in [-0.39, 0.29) is 43.0 Å². The molecule has 0 spiro atoms. The summed E-state index contributed by atoms with van der Waals surface area (Å²) in [7, 11) is 0. The molecule has 1 aliphatic heterocycles.